The van der Waals surface area contributed by atoms with Gasteiger partial charge in [0.2, 0.25) is 0 Å². The molecule has 0 unspecified atom stereocenters. The van der Waals surface area contributed by atoms with Crippen LogP contribution in [0.1, 0.15) is 18.4 Å². The van der Waals surface area contributed by atoms with Gasteiger partial charge in [-0.15, -0.1) is 0 Å². The molecular formula is C21H24FN3O2. The number of anilines is 1. The molecule has 1 aliphatic rings. The summed E-state index contributed by atoms with van der Waals surface area (Å²) in [5, 5.41) is 5.17. The van der Waals surface area contributed by atoms with Gasteiger partial charge < -0.3 is 10.6 Å². The zero-order valence-electron chi connectivity index (χ0n) is 15.2. The van der Waals surface area contributed by atoms with Crippen molar-refractivity contribution in [3.8, 4) is 0 Å². The van der Waals surface area contributed by atoms with Crippen LogP contribution in [0.3, 0.4) is 0 Å². The van der Waals surface area contributed by atoms with Crippen molar-refractivity contribution in [2.24, 2.45) is 5.92 Å². The molecule has 6 heteroatoms. The molecule has 5 nitrogen and oxygen atoms in total. The van der Waals surface area contributed by atoms with E-state index in [9.17, 15) is 14.0 Å². The summed E-state index contributed by atoms with van der Waals surface area (Å²) in [6, 6.07) is 15.7. The van der Waals surface area contributed by atoms with E-state index in [2.05, 4.69) is 39.8 Å². The molecule has 1 saturated heterocycles. The molecule has 0 atom stereocenters. The van der Waals surface area contributed by atoms with E-state index < -0.39 is 17.6 Å². The van der Waals surface area contributed by atoms with Crippen LogP contribution in [0.5, 0.6) is 0 Å². The monoisotopic (exact) mass is 369 g/mol. The van der Waals surface area contributed by atoms with Crippen LogP contribution in [0.15, 0.2) is 54.6 Å². The van der Waals surface area contributed by atoms with E-state index in [0.29, 0.717) is 18.2 Å². The van der Waals surface area contributed by atoms with Crippen LogP contribution >= 0.6 is 0 Å². The van der Waals surface area contributed by atoms with E-state index in [1.54, 1.807) is 0 Å². The van der Waals surface area contributed by atoms with Gasteiger partial charge in [-0.25, -0.2) is 4.39 Å². The lowest BCUT2D eigenvalue weighted by Crippen LogP contribution is -2.41. The SMILES string of the molecule is O=C(NCC1CCN(Cc2ccccc2)CC1)C(=O)Nc1ccc(F)cc1. The Hall–Kier alpha value is -2.73. The molecule has 142 valence electrons. The maximum absolute atomic E-state index is 12.9. The second-order valence-corrected chi connectivity index (χ2v) is 6.88. The smallest absolute Gasteiger partial charge is 0.313 e. The molecule has 1 fully saturated rings. The highest BCUT2D eigenvalue weighted by atomic mass is 19.1. The number of benzene rings is 2. The largest absolute Gasteiger partial charge is 0.348 e. The fourth-order valence-corrected chi connectivity index (χ4v) is 3.23. The first kappa shape index (κ1) is 19.0. The Bertz CT molecular complexity index is 757. The molecule has 27 heavy (non-hydrogen) atoms. The Labute approximate surface area is 158 Å². The molecular weight excluding hydrogens is 345 g/mol. The molecule has 2 N–H and O–H groups in total. The predicted octanol–water partition coefficient (Wildman–Crippen LogP) is 2.79. The highest BCUT2D eigenvalue weighted by Gasteiger charge is 2.21. The average Bonchev–Trinajstić information content (AvgIpc) is 2.69. The minimum atomic E-state index is -0.733. The third-order valence-electron chi connectivity index (χ3n) is 4.82. The second-order valence-electron chi connectivity index (χ2n) is 6.88. The summed E-state index contributed by atoms with van der Waals surface area (Å²) in [6.45, 7) is 3.41. The van der Waals surface area contributed by atoms with Gasteiger partial charge in [0.25, 0.3) is 0 Å². The van der Waals surface area contributed by atoms with E-state index >= 15 is 0 Å². The number of rotatable bonds is 5. The number of nitrogens with zero attached hydrogens (tertiary/aromatic N) is 1. The number of hydrogen-bond acceptors (Lipinski definition) is 3. The van der Waals surface area contributed by atoms with Gasteiger partial charge in [0, 0.05) is 18.8 Å². The minimum Gasteiger partial charge on any atom is -0.348 e. The van der Waals surface area contributed by atoms with Gasteiger partial charge in [-0.3, -0.25) is 14.5 Å². The van der Waals surface area contributed by atoms with E-state index in [4.69, 9.17) is 0 Å². The Morgan fingerprint density at radius 3 is 2.30 bits per heavy atom. The van der Waals surface area contributed by atoms with E-state index in [1.165, 1.54) is 29.8 Å². The maximum atomic E-state index is 12.9. The Morgan fingerprint density at radius 2 is 1.63 bits per heavy atom. The number of nitrogens with one attached hydrogen (secondary N) is 2. The van der Waals surface area contributed by atoms with Crippen LogP contribution in [-0.2, 0) is 16.1 Å². The van der Waals surface area contributed by atoms with E-state index in [0.717, 1.165) is 32.5 Å². The van der Waals surface area contributed by atoms with Gasteiger partial charge in [0.05, 0.1) is 0 Å². The first-order valence-corrected chi connectivity index (χ1v) is 9.21. The Balaban J connectivity index is 1.37. The van der Waals surface area contributed by atoms with Gasteiger partial charge in [-0.2, -0.15) is 0 Å². The van der Waals surface area contributed by atoms with Gasteiger partial charge in [0.1, 0.15) is 5.82 Å². The van der Waals surface area contributed by atoms with Gasteiger partial charge in [0.15, 0.2) is 0 Å². The predicted molar refractivity (Wildman–Crippen MR) is 102 cm³/mol. The van der Waals surface area contributed by atoms with Crippen molar-refractivity contribution in [2.75, 3.05) is 25.0 Å². The van der Waals surface area contributed by atoms with Crippen molar-refractivity contribution < 1.29 is 14.0 Å². The third kappa shape index (κ3) is 5.89. The lowest BCUT2D eigenvalue weighted by molar-refractivity contribution is -0.136. The second kappa shape index (κ2) is 9.28. The Kier molecular flexibility index (Phi) is 6.54. The third-order valence-corrected chi connectivity index (χ3v) is 4.82. The van der Waals surface area contributed by atoms with Crippen molar-refractivity contribution in [3.63, 3.8) is 0 Å². The quantitative estimate of drug-likeness (QED) is 0.797. The van der Waals surface area contributed by atoms with Crippen LogP contribution in [0.25, 0.3) is 0 Å². The van der Waals surface area contributed by atoms with Crippen molar-refractivity contribution in [1.29, 1.82) is 0 Å². The molecule has 0 aliphatic carbocycles. The van der Waals surface area contributed by atoms with Crippen LogP contribution < -0.4 is 10.6 Å². The summed E-state index contributed by atoms with van der Waals surface area (Å²) in [4.78, 5) is 26.3. The summed E-state index contributed by atoms with van der Waals surface area (Å²) in [6.07, 6.45) is 1.99. The molecule has 0 spiro atoms. The van der Waals surface area contributed by atoms with Crippen LogP contribution in [0.2, 0.25) is 0 Å². The molecule has 0 radical (unpaired) electrons. The van der Waals surface area contributed by atoms with E-state index in [1.807, 2.05) is 6.07 Å². The van der Waals surface area contributed by atoms with Crippen molar-refractivity contribution in [2.45, 2.75) is 19.4 Å². The van der Waals surface area contributed by atoms with Crippen LogP contribution in [0, 0.1) is 11.7 Å². The first-order valence-electron chi connectivity index (χ1n) is 9.21. The van der Waals surface area contributed by atoms with Gasteiger partial charge in [-0.1, -0.05) is 30.3 Å². The maximum Gasteiger partial charge on any atom is 0.313 e. The summed E-state index contributed by atoms with van der Waals surface area (Å²) < 4.78 is 12.9. The number of halogens is 1. The zero-order chi connectivity index (χ0) is 19.1. The van der Waals surface area contributed by atoms with E-state index in [-0.39, 0.29) is 0 Å². The first-order chi connectivity index (χ1) is 13.1. The topological polar surface area (TPSA) is 61.4 Å². The standard InChI is InChI=1S/C21H24FN3O2/c22-18-6-8-19(9-7-18)24-21(27)20(26)23-14-16-10-12-25(13-11-16)15-17-4-2-1-3-5-17/h1-9,16H,10-15H2,(H,23,26)(H,24,27). The molecule has 0 saturated carbocycles. The Morgan fingerprint density at radius 1 is 0.963 bits per heavy atom. The molecule has 1 heterocycles. The summed E-state index contributed by atoms with van der Waals surface area (Å²) in [5.41, 5.74) is 1.70. The molecule has 3 rings (SSSR count). The van der Waals surface area contributed by atoms with Crippen molar-refractivity contribution >= 4 is 17.5 Å². The van der Waals surface area contributed by atoms with Crippen LogP contribution in [0.4, 0.5) is 10.1 Å². The average molecular weight is 369 g/mol. The fraction of sp³-hybridized carbons (Fsp3) is 0.333. The van der Waals surface area contributed by atoms with Crippen molar-refractivity contribution in [3.05, 3.63) is 66.0 Å². The molecule has 2 aromatic rings. The summed E-state index contributed by atoms with van der Waals surface area (Å²) >= 11 is 0. The number of piperidine rings is 1. The molecule has 1 aliphatic heterocycles. The number of hydrogen-bond donors (Lipinski definition) is 2. The number of carbonyl (C=O) groups excluding carboxylic acids is 2. The lowest BCUT2D eigenvalue weighted by atomic mass is 9.96. The van der Waals surface area contributed by atoms with Crippen LogP contribution in [-0.4, -0.2) is 36.3 Å². The normalized spacial score (nSPS) is 15.3. The number of amides is 2. The molecule has 2 aromatic carbocycles. The zero-order valence-corrected chi connectivity index (χ0v) is 15.2. The molecule has 0 bridgehead atoms. The fourth-order valence-electron chi connectivity index (χ4n) is 3.23. The lowest BCUT2D eigenvalue weighted by Gasteiger charge is -2.32. The highest BCUT2D eigenvalue weighted by molar-refractivity contribution is 6.39. The van der Waals surface area contributed by atoms with Gasteiger partial charge in [-0.05, 0) is 61.7 Å². The molecule has 0 aromatic heterocycles. The van der Waals surface area contributed by atoms with Crippen molar-refractivity contribution in [1.82, 2.24) is 10.2 Å². The minimum absolute atomic E-state index is 0.375. The molecule has 2 amide bonds. The summed E-state index contributed by atoms with van der Waals surface area (Å²) in [5.74, 6) is -1.41. The van der Waals surface area contributed by atoms with Gasteiger partial charge >= 0.3 is 11.8 Å². The number of carbonyl (C=O) groups is 2. The highest BCUT2D eigenvalue weighted by Crippen LogP contribution is 2.18. The number of likely N-dealkylation sites (tertiary alicyclic amines) is 1. The summed E-state index contributed by atoms with van der Waals surface area (Å²) in [7, 11) is 0.